The van der Waals surface area contributed by atoms with Crippen LogP contribution < -0.4 is 10.2 Å². The highest BCUT2D eigenvalue weighted by molar-refractivity contribution is 6.31. The monoisotopic (exact) mass is 480 g/mol. The maximum Gasteiger partial charge on any atom is 0.335 e. The molecule has 1 aliphatic heterocycles. The maximum atomic E-state index is 13.1. The second-order valence-electron chi connectivity index (χ2n) is 11.3. The summed E-state index contributed by atoms with van der Waals surface area (Å²) in [5, 5.41) is 13.2. The van der Waals surface area contributed by atoms with Gasteiger partial charge in [-0.15, -0.1) is 0 Å². The Balaban J connectivity index is 1.61. The van der Waals surface area contributed by atoms with Crippen molar-refractivity contribution < 1.29 is 14.7 Å². The minimum atomic E-state index is -0.990. The smallest absolute Gasteiger partial charge is 0.335 e. The first-order chi connectivity index (χ1) is 15.9. The van der Waals surface area contributed by atoms with Crippen LogP contribution in [0.4, 0.5) is 10.5 Å². The Labute approximate surface area is 206 Å². The Hall–Kier alpha value is -2.79. The molecule has 4 rings (SSSR count). The van der Waals surface area contributed by atoms with Crippen molar-refractivity contribution in [1.82, 2.24) is 5.32 Å². The summed E-state index contributed by atoms with van der Waals surface area (Å²) in [6, 6.07) is 12.4. The van der Waals surface area contributed by atoms with Crippen LogP contribution in [-0.4, -0.2) is 23.1 Å². The summed E-state index contributed by atoms with van der Waals surface area (Å²) in [6.07, 6.45) is 4.84. The average Bonchev–Trinajstić information content (AvgIpc) is 3.01. The molecule has 1 saturated carbocycles. The molecular weight excluding hydrogens is 448 g/mol. The number of halogens is 1. The third-order valence-electron chi connectivity index (χ3n) is 7.06. The molecule has 2 N–H and O–H groups in total. The van der Waals surface area contributed by atoms with Crippen LogP contribution in [0.15, 0.2) is 54.2 Å². The number of benzene rings is 2. The lowest BCUT2D eigenvalue weighted by Crippen LogP contribution is -2.49. The topological polar surface area (TPSA) is 69.6 Å². The quantitative estimate of drug-likeness (QED) is 0.483. The van der Waals surface area contributed by atoms with Crippen LogP contribution in [0.3, 0.4) is 0 Å². The number of carbonyl (C=O) groups excluding carboxylic acids is 1. The molecule has 2 aromatic carbocycles. The van der Waals surface area contributed by atoms with Gasteiger partial charge in [0, 0.05) is 17.1 Å². The molecule has 1 aliphatic carbocycles. The summed E-state index contributed by atoms with van der Waals surface area (Å²) in [5.41, 5.74) is 4.44. The number of nitrogens with one attached hydrogen (secondary N) is 1. The summed E-state index contributed by atoms with van der Waals surface area (Å²) >= 11 is 6.70. The second-order valence-corrected chi connectivity index (χ2v) is 11.7. The molecule has 2 aliphatic rings. The molecule has 5 nitrogen and oxygen atoms in total. The van der Waals surface area contributed by atoms with Gasteiger partial charge in [-0.2, -0.15) is 0 Å². The molecule has 1 unspecified atom stereocenters. The molecule has 180 valence electrons. The molecule has 34 heavy (non-hydrogen) atoms. The van der Waals surface area contributed by atoms with E-state index >= 15 is 0 Å². The number of aryl methyl sites for hydroxylation is 1. The molecule has 2 amide bonds. The number of hydrogen-bond donors (Lipinski definition) is 2. The highest BCUT2D eigenvalue weighted by atomic mass is 35.5. The first-order valence-corrected chi connectivity index (χ1v) is 12.2. The number of carbonyl (C=O) groups is 2. The van der Waals surface area contributed by atoms with Crippen molar-refractivity contribution in [2.45, 2.75) is 65.8 Å². The van der Waals surface area contributed by atoms with E-state index in [9.17, 15) is 9.59 Å². The van der Waals surface area contributed by atoms with Crippen molar-refractivity contribution >= 4 is 29.3 Å². The van der Waals surface area contributed by atoms with Crippen LogP contribution in [0.5, 0.6) is 0 Å². The zero-order valence-corrected chi connectivity index (χ0v) is 21.2. The van der Waals surface area contributed by atoms with Gasteiger partial charge in [-0.25, -0.2) is 9.59 Å². The fourth-order valence-electron chi connectivity index (χ4n) is 5.03. The number of anilines is 1. The highest BCUT2D eigenvalue weighted by Crippen LogP contribution is 2.52. The highest BCUT2D eigenvalue weighted by Gasteiger charge is 2.48. The third kappa shape index (κ3) is 4.85. The van der Waals surface area contributed by atoms with Crippen LogP contribution in [0.25, 0.3) is 0 Å². The van der Waals surface area contributed by atoms with E-state index < -0.39 is 5.97 Å². The Bertz CT molecular complexity index is 1150. The number of amides is 2. The van der Waals surface area contributed by atoms with Gasteiger partial charge in [0.25, 0.3) is 0 Å². The number of aromatic carboxylic acids is 1. The van der Waals surface area contributed by atoms with E-state index in [1.54, 1.807) is 17.0 Å². The fraction of sp³-hybridized carbons (Fsp3) is 0.429. The van der Waals surface area contributed by atoms with Gasteiger partial charge in [0.05, 0.1) is 17.3 Å². The molecule has 0 spiro atoms. The molecule has 0 aromatic heterocycles. The predicted molar refractivity (Wildman–Crippen MR) is 137 cm³/mol. The van der Waals surface area contributed by atoms with Crippen molar-refractivity contribution in [2.75, 3.05) is 4.90 Å². The molecule has 0 saturated heterocycles. The van der Waals surface area contributed by atoms with E-state index in [2.05, 4.69) is 58.1 Å². The molecule has 0 bridgehead atoms. The number of carboxylic acid groups (broad SMARTS) is 1. The van der Waals surface area contributed by atoms with Crippen molar-refractivity contribution in [1.29, 1.82) is 0 Å². The molecule has 1 heterocycles. The van der Waals surface area contributed by atoms with Crippen molar-refractivity contribution in [2.24, 2.45) is 10.8 Å². The molecule has 2 atom stereocenters. The Morgan fingerprint density at radius 1 is 1.18 bits per heavy atom. The molecule has 1 fully saturated rings. The Morgan fingerprint density at radius 3 is 2.44 bits per heavy atom. The maximum absolute atomic E-state index is 13.1. The number of rotatable bonds is 5. The van der Waals surface area contributed by atoms with Gasteiger partial charge in [-0.1, -0.05) is 58.4 Å². The lowest BCUT2D eigenvalue weighted by atomic mass is 9.85. The molecular formula is C28H33ClN2O3. The van der Waals surface area contributed by atoms with E-state index in [-0.39, 0.29) is 34.4 Å². The minimum Gasteiger partial charge on any atom is -0.478 e. The van der Waals surface area contributed by atoms with Crippen LogP contribution in [0.2, 0.25) is 5.02 Å². The third-order valence-corrected chi connectivity index (χ3v) is 7.41. The normalized spacial score (nSPS) is 21.6. The van der Waals surface area contributed by atoms with Gasteiger partial charge in [-0.3, -0.25) is 4.90 Å². The first kappa shape index (κ1) is 24.3. The summed E-state index contributed by atoms with van der Waals surface area (Å²) in [4.78, 5) is 25.8. The second kappa shape index (κ2) is 8.77. The van der Waals surface area contributed by atoms with Gasteiger partial charge in [0.15, 0.2) is 0 Å². The van der Waals surface area contributed by atoms with Gasteiger partial charge in [0.1, 0.15) is 0 Å². The van der Waals surface area contributed by atoms with Gasteiger partial charge in [0.2, 0.25) is 0 Å². The average molecular weight is 481 g/mol. The van der Waals surface area contributed by atoms with E-state index in [0.717, 1.165) is 41.0 Å². The zero-order valence-electron chi connectivity index (χ0n) is 20.5. The Kier molecular flexibility index (Phi) is 6.28. The fourth-order valence-corrected chi connectivity index (χ4v) is 5.31. The van der Waals surface area contributed by atoms with Crippen LogP contribution in [0, 0.1) is 10.8 Å². The number of hydrogen-bond acceptors (Lipinski definition) is 2. The molecule has 2 aromatic rings. The molecule has 6 heteroatoms. The lowest BCUT2D eigenvalue weighted by Gasteiger charge is -2.34. The first-order valence-electron chi connectivity index (χ1n) is 11.8. The van der Waals surface area contributed by atoms with Crippen molar-refractivity contribution in [3.8, 4) is 0 Å². The summed E-state index contributed by atoms with van der Waals surface area (Å²) in [5.74, 6) is -0.855. The zero-order chi connectivity index (χ0) is 24.8. The van der Waals surface area contributed by atoms with Crippen LogP contribution >= 0.6 is 11.6 Å². The van der Waals surface area contributed by atoms with Crippen LogP contribution in [0.1, 0.15) is 74.9 Å². The number of carboxylic acids is 1. The van der Waals surface area contributed by atoms with Gasteiger partial charge < -0.3 is 10.4 Å². The van der Waals surface area contributed by atoms with Crippen molar-refractivity contribution in [3.63, 3.8) is 0 Å². The summed E-state index contributed by atoms with van der Waals surface area (Å²) < 4.78 is 0. The minimum absolute atomic E-state index is 0.103. The Morgan fingerprint density at radius 2 is 1.85 bits per heavy atom. The molecule has 0 radical (unpaired) electrons. The van der Waals surface area contributed by atoms with E-state index in [1.807, 2.05) is 6.20 Å². The number of nitrogens with zero attached hydrogens (tertiary/aromatic N) is 1. The van der Waals surface area contributed by atoms with Crippen LogP contribution in [-0.2, 0) is 6.42 Å². The van der Waals surface area contributed by atoms with Crippen molar-refractivity contribution in [3.05, 3.63) is 76.0 Å². The summed E-state index contributed by atoms with van der Waals surface area (Å²) in [6.45, 7) is 11.1. The largest absolute Gasteiger partial charge is 0.478 e. The summed E-state index contributed by atoms with van der Waals surface area (Å²) in [7, 11) is 0. The predicted octanol–water partition coefficient (Wildman–Crippen LogP) is 7.01. The van der Waals surface area contributed by atoms with E-state index in [4.69, 9.17) is 16.7 Å². The number of fused-ring (bicyclic) bond motifs is 1. The number of urea groups is 1. The van der Waals surface area contributed by atoms with Gasteiger partial charge >= 0.3 is 12.0 Å². The SMILES string of the molecule is CC(C)(C)CCc1ccc(C2CC(C)(C)C3=CN(c4ccc(C(=O)O)cc4)C(=O)N[C@@H]32)cc1Cl. The van der Waals surface area contributed by atoms with E-state index in [1.165, 1.54) is 12.1 Å². The van der Waals surface area contributed by atoms with E-state index in [0.29, 0.717) is 5.69 Å². The lowest BCUT2D eigenvalue weighted by molar-refractivity contribution is 0.0697. The standard InChI is InChI=1S/C28H33ClN2O3/c1-27(2,3)13-12-17-6-7-19(14-23(17)29)21-15-28(4,5)22-16-31(26(34)30-24(21)22)20-10-8-18(9-11-20)25(32)33/h6-11,14,16,21,24H,12-13,15H2,1-5H3,(H,30,34)(H,32,33)/t21?,24-/m1/s1. The van der Waals surface area contributed by atoms with Gasteiger partial charge in [-0.05, 0) is 77.1 Å².